The number of ether oxygens (including phenoxy) is 1. The van der Waals surface area contributed by atoms with Gasteiger partial charge in [0.1, 0.15) is 0 Å². The average molecular weight is 268 g/mol. The van der Waals surface area contributed by atoms with Crippen LogP contribution in [-0.2, 0) is 6.18 Å². The maximum Gasteiger partial charge on any atom is 0.416 e. The van der Waals surface area contributed by atoms with E-state index in [4.69, 9.17) is 4.74 Å². The van der Waals surface area contributed by atoms with Gasteiger partial charge < -0.3 is 10.1 Å². The Kier molecular flexibility index (Phi) is 3.14. The highest BCUT2D eigenvalue weighted by Gasteiger charge is 2.46. The van der Waals surface area contributed by atoms with Gasteiger partial charge in [-0.15, -0.1) is 0 Å². The quantitative estimate of drug-likeness (QED) is 0.834. The SMILES string of the molecule is FC(F)(F)c1ccnc(O[C@H]2CNCC2(F)F)c1. The Bertz CT molecular complexity index is 435. The summed E-state index contributed by atoms with van der Waals surface area (Å²) in [6, 6.07) is 1.35. The van der Waals surface area contributed by atoms with Gasteiger partial charge in [0.25, 0.3) is 5.92 Å². The standard InChI is InChI=1S/C10H9F5N2O/c11-9(12)5-16-4-7(9)18-8-3-6(1-2-17-8)10(13,14)15/h1-3,7,16H,4-5H2/t7-/m0/s1. The number of halogens is 5. The summed E-state index contributed by atoms with van der Waals surface area (Å²) in [7, 11) is 0. The summed E-state index contributed by atoms with van der Waals surface area (Å²) in [6.07, 6.45) is -5.19. The second kappa shape index (κ2) is 4.34. The number of aromatic nitrogens is 1. The van der Waals surface area contributed by atoms with E-state index in [2.05, 4.69) is 10.3 Å². The Labute approximate surface area is 99.0 Å². The minimum Gasteiger partial charge on any atom is -0.466 e. The second-order valence-corrected chi connectivity index (χ2v) is 3.88. The third-order valence-electron chi connectivity index (χ3n) is 2.49. The summed E-state index contributed by atoms with van der Waals surface area (Å²) < 4.78 is 68.4. The molecule has 0 radical (unpaired) electrons. The van der Waals surface area contributed by atoms with Crippen molar-refractivity contribution >= 4 is 0 Å². The molecule has 1 N–H and O–H groups in total. The van der Waals surface area contributed by atoms with E-state index in [-0.39, 0.29) is 6.54 Å². The van der Waals surface area contributed by atoms with E-state index in [9.17, 15) is 22.0 Å². The third kappa shape index (κ3) is 2.69. The summed E-state index contributed by atoms with van der Waals surface area (Å²) in [5.41, 5.74) is -0.984. The molecule has 1 atom stereocenters. The number of hydrogen-bond acceptors (Lipinski definition) is 3. The van der Waals surface area contributed by atoms with E-state index >= 15 is 0 Å². The van der Waals surface area contributed by atoms with Crippen molar-refractivity contribution in [2.75, 3.05) is 13.1 Å². The fourth-order valence-electron chi connectivity index (χ4n) is 1.56. The molecule has 1 fully saturated rings. The molecule has 1 aromatic heterocycles. The van der Waals surface area contributed by atoms with Crippen LogP contribution < -0.4 is 10.1 Å². The minimum atomic E-state index is -4.56. The molecule has 0 saturated carbocycles. The molecule has 0 aromatic carbocycles. The fraction of sp³-hybridized carbons (Fsp3) is 0.500. The predicted octanol–water partition coefficient (Wildman–Crippen LogP) is 2.09. The second-order valence-electron chi connectivity index (χ2n) is 3.88. The third-order valence-corrected chi connectivity index (χ3v) is 2.49. The Morgan fingerprint density at radius 3 is 2.67 bits per heavy atom. The van der Waals surface area contributed by atoms with Crippen LogP contribution >= 0.6 is 0 Å². The maximum absolute atomic E-state index is 13.2. The molecule has 3 nitrogen and oxygen atoms in total. The summed E-state index contributed by atoms with van der Waals surface area (Å²) in [5, 5.41) is 2.40. The molecule has 0 unspecified atom stereocenters. The Hall–Kier alpha value is -1.44. The number of alkyl halides is 5. The van der Waals surface area contributed by atoms with Gasteiger partial charge in [0.2, 0.25) is 5.88 Å². The van der Waals surface area contributed by atoms with Gasteiger partial charge in [0, 0.05) is 18.8 Å². The van der Waals surface area contributed by atoms with E-state index < -0.39 is 36.2 Å². The van der Waals surface area contributed by atoms with Crippen LogP contribution in [0.5, 0.6) is 5.88 Å². The lowest BCUT2D eigenvalue weighted by molar-refractivity contribution is -0.137. The molecule has 0 amide bonds. The van der Waals surface area contributed by atoms with Gasteiger partial charge in [0.15, 0.2) is 6.10 Å². The normalized spacial score (nSPS) is 23.1. The van der Waals surface area contributed by atoms with E-state index in [1.807, 2.05) is 0 Å². The molecule has 0 spiro atoms. The van der Waals surface area contributed by atoms with Gasteiger partial charge in [-0.3, -0.25) is 0 Å². The zero-order valence-electron chi connectivity index (χ0n) is 8.97. The number of nitrogens with one attached hydrogen (secondary N) is 1. The van der Waals surface area contributed by atoms with E-state index in [1.54, 1.807) is 0 Å². The van der Waals surface area contributed by atoms with Gasteiger partial charge in [0.05, 0.1) is 12.1 Å². The lowest BCUT2D eigenvalue weighted by Crippen LogP contribution is -2.36. The largest absolute Gasteiger partial charge is 0.466 e. The minimum absolute atomic E-state index is 0.134. The Morgan fingerprint density at radius 1 is 1.39 bits per heavy atom. The van der Waals surface area contributed by atoms with Crippen LogP contribution in [-0.4, -0.2) is 30.1 Å². The van der Waals surface area contributed by atoms with E-state index in [0.717, 1.165) is 12.3 Å². The topological polar surface area (TPSA) is 34.1 Å². The van der Waals surface area contributed by atoms with Crippen molar-refractivity contribution in [1.82, 2.24) is 10.3 Å². The first-order chi connectivity index (χ1) is 8.29. The number of hydrogen-bond donors (Lipinski definition) is 1. The Morgan fingerprint density at radius 2 is 2.11 bits per heavy atom. The van der Waals surface area contributed by atoms with Crippen LogP contribution in [0.1, 0.15) is 5.56 Å². The van der Waals surface area contributed by atoms with Crippen LogP contribution in [0.2, 0.25) is 0 Å². The molecular weight excluding hydrogens is 259 g/mol. The number of rotatable bonds is 2. The molecule has 1 aromatic rings. The summed E-state index contributed by atoms with van der Waals surface area (Å²) in [4.78, 5) is 3.50. The molecule has 1 saturated heterocycles. The van der Waals surface area contributed by atoms with Crippen LogP contribution in [0.25, 0.3) is 0 Å². The van der Waals surface area contributed by atoms with E-state index in [1.165, 1.54) is 0 Å². The molecule has 0 aliphatic carbocycles. The van der Waals surface area contributed by atoms with Crippen molar-refractivity contribution in [2.45, 2.75) is 18.2 Å². The zero-order chi connectivity index (χ0) is 13.4. The zero-order valence-corrected chi connectivity index (χ0v) is 8.97. The van der Waals surface area contributed by atoms with E-state index in [0.29, 0.717) is 6.07 Å². The van der Waals surface area contributed by atoms with Gasteiger partial charge in [-0.2, -0.15) is 13.2 Å². The lowest BCUT2D eigenvalue weighted by Gasteiger charge is -2.19. The van der Waals surface area contributed by atoms with Gasteiger partial charge in [-0.25, -0.2) is 13.8 Å². The smallest absolute Gasteiger partial charge is 0.416 e. The van der Waals surface area contributed by atoms with Crippen LogP contribution in [0.15, 0.2) is 18.3 Å². The first-order valence-electron chi connectivity index (χ1n) is 5.07. The first kappa shape index (κ1) is 13.0. The van der Waals surface area contributed by atoms with Crippen molar-refractivity contribution in [1.29, 1.82) is 0 Å². The van der Waals surface area contributed by atoms with Crippen molar-refractivity contribution in [3.8, 4) is 5.88 Å². The highest BCUT2D eigenvalue weighted by Crippen LogP contribution is 2.32. The summed E-state index contributed by atoms with van der Waals surface area (Å²) >= 11 is 0. The lowest BCUT2D eigenvalue weighted by atomic mass is 10.2. The van der Waals surface area contributed by atoms with Crippen molar-refractivity contribution in [2.24, 2.45) is 0 Å². The molecule has 1 aliphatic rings. The predicted molar refractivity (Wildman–Crippen MR) is 51.5 cm³/mol. The first-order valence-corrected chi connectivity index (χ1v) is 5.07. The highest BCUT2D eigenvalue weighted by atomic mass is 19.4. The molecule has 8 heteroatoms. The van der Waals surface area contributed by atoms with Crippen molar-refractivity contribution < 1.29 is 26.7 Å². The Balaban J connectivity index is 2.15. The van der Waals surface area contributed by atoms with Gasteiger partial charge in [-0.1, -0.05) is 0 Å². The van der Waals surface area contributed by atoms with Crippen LogP contribution in [0.3, 0.4) is 0 Å². The molecule has 1 aliphatic heterocycles. The maximum atomic E-state index is 13.2. The molecule has 2 rings (SSSR count). The molecular formula is C10H9F5N2O. The summed E-state index contributed by atoms with van der Waals surface area (Å²) in [6.45, 7) is -0.693. The fourth-order valence-corrected chi connectivity index (χ4v) is 1.56. The highest BCUT2D eigenvalue weighted by molar-refractivity contribution is 5.23. The average Bonchev–Trinajstić information content (AvgIpc) is 2.58. The van der Waals surface area contributed by atoms with Gasteiger partial charge in [-0.05, 0) is 6.07 Å². The van der Waals surface area contributed by atoms with Gasteiger partial charge >= 0.3 is 6.18 Å². The molecule has 2 heterocycles. The monoisotopic (exact) mass is 268 g/mol. The molecule has 0 bridgehead atoms. The summed E-state index contributed by atoms with van der Waals surface area (Å²) in [5.74, 6) is -3.58. The number of pyridine rings is 1. The van der Waals surface area contributed by atoms with Crippen molar-refractivity contribution in [3.63, 3.8) is 0 Å². The number of nitrogens with zero attached hydrogens (tertiary/aromatic N) is 1. The molecule has 100 valence electrons. The molecule has 18 heavy (non-hydrogen) atoms. The van der Waals surface area contributed by atoms with Crippen LogP contribution in [0.4, 0.5) is 22.0 Å². The van der Waals surface area contributed by atoms with Crippen LogP contribution in [0, 0.1) is 0 Å². The van der Waals surface area contributed by atoms with Crippen molar-refractivity contribution in [3.05, 3.63) is 23.9 Å².